The molecule has 0 spiro atoms. The first-order valence-electron chi connectivity index (χ1n) is 8.40. The number of aliphatic hydroxyl groups is 1. The van der Waals surface area contributed by atoms with E-state index in [0.29, 0.717) is 41.4 Å². The Morgan fingerprint density at radius 2 is 1.85 bits per heavy atom. The topological polar surface area (TPSA) is 95.4 Å². The van der Waals surface area contributed by atoms with Gasteiger partial charge in [0.05, 0.1) is 22.0 Å². The highest BCUT2D eigenvalue weighted by molar-refractivity contribution is 7.92. The molecular weight excluding hydrogens is 388 g/mol. The van der Waals surface area contributed by atoms with Gasteiger partial charge in [-0.25, -0.2) is 18.4 Å². The van der Waals surface area contributed by atoms with E-state index in [0.717, 1.165) is 0 Å². The van der Waals surface area contributed by atoms with Gasteiger partial charge in [0.1, 0.15) is 0 Å². The number of nitrogens with zero attached hydrogens (tertiary/aromatic N) is 3. The van der Waals surface area contributed by atoms with E-state index in [1.807, 2.05) is 23.1 Å². The molecule has 4 rings (SSSR count). The average Bonchev–Trinajstić information content (AvgIpc) is 3.07. The summed E-state index contributed by atoms with van der Waals surface area (Å²) in [4.78, 5) is 10.9. The lowest BCUT2D eigenvalue weighted by atomic mass is 10.3. The van der Waals surface area contributed by atoms with Crippen LogP contribution in [0.2, 0.25) is 5.02 Å². The largest absolute Gasteiger partial charge is 0.391 e. The lowest BCUT2D eigenvalue weighted by Crippen LogP contribution is -2.25. The highest BCUT2D eigenvalue weighted by atomic mass is 35.5. The zero-order valence-electron chi connectivity index (χ0n) is 14.2. The summed E-state index contributed by atoms with van der Waals surface area (Å²) in [6.45, 7) is 0.943. The highest BCUT2D eigenvalue weighted by Crippen LogP contribution is 2.30. The third kappa shape index (κ3) is 3.69. The second-order valence-electron chi connectivity index (χ2n) is 6.34. The molecule has 0 unspecified atom stereocenters. The second kappa shape index (κ2) is 6.95. The predicted molar refractivity (Wildman–Crippen MR) is 105 cm³/mol. The Morgan fingerprint density at radius 3 is 2.52 bits per heavy atom. The van der Waals surface area contributed by atoms with E-state index in [1.54, 1.807) is 18.2 Å². The summed E-state index contributed by atoms with van der Waals surface area (Å²) in [6.07, 6.45) is 0.116. The minimum absolute atomic E-state index is 0.0392. The van der Waals surface area contributed by atoms with Crippen molar-refractivity contribution in [2.45, 2.75) is 17.4 Å². The van der Waals surface area contributed by atoms with Crippen LogP contribution in [0.4, 0.5) is 11.6 Å². The Balaban J connectivity index is 1.79. The van der Waals surface area contributed by atoms with Gasteiger partial charge in [-0.1, -0.05) is 29.8 Å². The lowest BCUT2D eigenvalue weighted by Gasteiger charge is -2.20. The minimum atomic E-state index is -3.90. The zero-order valence-corrected chi connectivity index (χ0v) is 15.8. The van der Waals surface area contributed by atoms with Crippen LogP contribution in [0.3, 0.4) is 0 Å². The Hall–Kier alpha value is -2.42. The van der Waals surface area contributed by atoms with Crippen LogP contribution in [0.15, 0.2) is 53.4 Å². The second-order valence-corrected chi connectivity index (χ2v) is 8.45. The molecule has 1 atom stereocenters. The Labute approximate surface area is 161 Å². The van der Waals surface area contributed by atoms with Crippen molar-refractivity contribution in [3.63, 3.8) is 0 Å². The smallest absolute Gasteiger partial charge is 0.263 e. The summed E-state index contributed by atoms with van der Waals surface area (Å²) in [5.74, 6) is 0.527. The first-order valence-corrected chi connectivity index (χ1v) is 10.3. The number of aliphatic hydroxyl groups excluding tert-OH is 1. The van der Waals surface area contributed by atoms with E-state index in [2.05, 4.69) is 14.7 Å². The molecule has 140 valence electrons. The monoisotopic (exact) mass is 404 g/mol. The van der Waals surface area contributed by atoms with E-state index >= 15 is 0 Å². The summed E-state index contributed by atoms with van der Waals surface area (Å²) in [7, 11) is -3.90. The van der Waals surface area contributed by atoms with Crippen LogP contribution < -0.4 is 9.62 Å². The maximum Gasteiger partial charge on any atom is 0.263 e. The van der Waals surface area contributed by atoms with Crippen LogP contribution in [0.5, 0.6) is 0 Å². The van der Waals surface area contributed by atoms with Crippen molar-refractivity contribution in [3.8, 4) is 0 Å². The maximum atomic E-state index is 12.8. The van der Waals surface area contributed by atoms with Crippen molar-refractivity contribution < 1.29 is 13.5 Å². The quantitative estimate of drug-likeness (QED) is 0.694. The number of rotatable bonds is 4. The van der Waals surface area contributed by atoms with Crippen LogP contribution in [0.1, 0.15) is 6.42 Å². The molecular formula is C18H17ClN4O3S. The average molecular weight is 405 g/mol. The van der Waals surface area contributed by atoms with Crippen LogP contribution in [-0.4, -0.2) is 42.7 Å². The lowest BCUT2D eigenvalue weighted by molar-refractivity contribution is 0.198. The van der Waals surface area contributed by atoms with Crippen molar-refractivity contribution in [1.29, 1.82) is 0 Å². The van der Waals surface area contributed by atoms with Crippen LogP contribution in [0.25, 0.3) is 11.0 Å². The molecule has 1 aliphatic rings. The van der Waals surface area contributed by atoms with Gasteiger partial charge in [-0.15, -0.1) is 0 Å². The molecule has 2 N–H and O–H groups in total. The third-order valence-corrected chi connectivity index (χ3v) is 5.92. The molecule has 1 saturated heterocycles. The highest BCUT2D eigenvalue weighted by Gasteiger charge is 2.27. The zero-order chi connectivity index (χ0) is 19.0. The molecule has 27 heavy (non-hydrogen) atoms. The van der Waals surface area contributed by atoms with E-state index in [4.69, 9.17) is 11.6 Å². The number of β-amino-alcohol motifs (C(OH)–C–C–N with tert-alkyl or cyclic N) is 1. The fraction of sp³-hybridized carbons (Fsp3) is 0.222. The number of anilines is 2. The predicted octanol–water partition coefficient (Wildman–Crippen LogP) is 2.66. The van der Waals surface area contributed by atoms with Gasteiger partial charge < -0.3 is 10.0 Å². The van der Waals surface area contributed by atoms with Gasteiger partial charge in [-0.3, -0.25) is 4.72 Å². The number of sulfonamides is 1. The third-order valence-electron chi connectivity index (χ3n) is 4.35. The number of para-hydroxylation sites is 2. The van der Waals surface area contributed by atoms with Gasteiger partial charge in [0.25, 0.3) is 10.0 Å². The van der Waals surface area contributed by atoms with Gasteiger partial charge in [0.15, 0.2) is 11.6 Å². The van der Waals surface area contributed by atoms with Gasteiger partial charge in [-0.2, -0.15) is 0 Å². The molecule has 9 heteroatoms. The minimum Gasteiger partial charge on any atom is -0.391 e. The van der Waals surface area contributed by atoms with Crippen LogP contribution in [0, 0.1) is 0 Å². The summed E-state index contributed by atoms with van der Waals surface area (Å²) >= 11 is 5.93. The fourth-order valence-electron chi connectivity index (χ4n) is 3.03. The maximum absolute atomic E-state index is 12.8. The van der Waals surface area contributed by atoms with Crippen molar-refractivity contribution in [2.75, 3.05) is 22.7 Å². The van der Waals surface area contributed by atoms with Gasteiger partial charge in [0.2, 0.25) is 0 Å². The SMILES string of the molecule is O=S(=O)(Nc1nc2ccccc2nc1N1CC[C@H](O)C1)c1cccc(Cl)c1. The van der Waals surface area contributed by atoms with Gasteiger partial charge >= 0.3 is 0 Å². The van der Waals surface area contributed by atoms with E-state index in [-0.39, 0.29) is 10.7 Å². The van der Waals surface area contributed by atoms with E-state index in [1.165, 1.54) is 12.1 Å². The molecule has 0 amide bonds. The van der Waals surface area contributed by atoms with Gasteiger partial charge in [-0.05, 0) is 36.8 Å². The number of nitrogens with one attached hydrogen (secondary N) is 1. The Kier molecular flexibility index (Phi) is 4.63. The molecule has 1 aromatic heterocycles. The molecule has 3 aromatic rings. The van der Waals surface area contributed by atoms with E-state index in [9.17, 15) is 13.5 Å². The number of aromatic nitrogens is 2. The molecule has 1 fully saturated rings. The van der Waals surface area contributed by atoms with Crippen molar-refractivity contribution >= 4 is 44.3 Å². The van der Waals surface area contributed by atoms with Crippen molar-refractivity contribution in [1.82, 2.24) is 9.97 Å². The molecule has 0 bridgehead atoms. The first-order chi connectivity index (χ1) is 12.9. The molecule has 2 heterocycles. The number of hydrogen-bond acceptors (Lipinski definition) is 6. The fourth-order valence-corrected chi connectivity index (χ4v) is 4.34. The summed E-state index contributed by atoms with van der Waals surface area (Å²) < 4.78 is 28.2. The number of halogens is 1. The molecule has 7 nitrogen and oxygen atoms in total. The normalized spacial score (nSPS) is 17.4. The molecule has 0 saturated carbocycles. The first kappa shape index (κ1) is 18.0. The van der Waals surface area contributed by atoms with Crippen LogP contribution >= 0.6 is 11.6 Å². The van der Waals surface area contributed by atoms with Crippen LogP contribution in [-0.2, 0) is 10.0 Å². The molecule has 1 aliphatic heterocycles. The number of fused-ring (bicyclic) bond motifs is 1. The van der Waals surface area contributed by atoms with Gasteiger partial charge in [0, 0.05) is 18.1 Å². The number of benzene rings is 2. The standard InChI is InChI=1S/C18H17ClN4O3S/c19-12-4-3-5-14(10-12)27(25,26)22-17-18(23-9-8-13(24)11-23)21-16-7-2-1-6-15(16)20-17/h1-7,10,13,24H,8-9,11H2,(H,20,22)/t13-/m0/s1. The summed E-state index contributed by atoms with van der Waals surface area (Å²) in [6, 6.07) is 13.2. The molecule has 0 radical (unpaired) electrons. The van der Waals surface area contributed by atoms with Crippen molar-refractivity contribution in [3.05, 3.63) is 53.6 Å². The van der Waals surface area contributed by atoms with Crippen molar-refractivity contribution in [2.24, 2.45) is 0 Å². The summed E-state index contributed by atoms with van der Waals surface area (Å²) in [5, 5.41) is 10.2. The van der Waals surface area contributed by atoms with E-state index < -0.39 is 16.1 Å². The molecule has 2 aromatic carbocycles. The Bertz CT molecular complexity index is 1110. The number of hydrogen-bond donors (Lipinski definition) is 2. The Morgan fingerprint density at radius 1 is 1.11 bits per heavy atom. The summed E-state index contributed by atoms with van der Waals surface area (Å²) in [5.41, 5.74) is 1.23. The molecule has 0 aliphatic carbocycles.